The summed E-state index contributed by atoms with van der Waals surface area (Å²) in [6.45, 7) is 3.54. The van der Waals surface area contributed by atoms with Gasteiger partial charge in [0.2, 0.25) is 9.05 Å². The third-order valence-corrected chi connectivity index (χ3v) is 3.73. The smallest absolute Gasteiger partial charge is 0.273 e. The van der Waals surface area contributed by atoms with Crippen LogP contribution in [0.3, 0.4) is 0 Å². The van der Waals surface area contributed by atoms with Crippen molar-refractivity contribution in [1.29, 1.82) is 0 Å². The van der Waals surface area contributed by atoms with E-state index in [1.807, 2.05) is 0 Å². The Morgan fingerprint density at radius 3 is 2.63 bits per heavy atom. The number of rotatable bonds is 6. The molecule has 1 aromatic carbocycles. The number of nitrogens with zero attached hydrogens (tertiary/aromatic N) is 1. The van der Waals surface area contributed by atoms with Crippen LogP contribution in [0.4, 0.5) is 5.69 Å². The molecule has 0 saturated heterocycles. The molecule has 0 aliphatic heterocycles. The third-order valence-electron chi connectivity index (χ3n) is 2.39. The van der Waals surface area contributed by atoms with Crippen LogP contribution in [0, 0.1) is 23.0 Å². The summed E-state index contributed by atoms with van der Waals surface area (Å²) in [6.07, 6.45) is 0. The summed E-state index contributed by atoms with van der Waals surface area (Å²) in [6, 6.07) is 4.28. The maximum absolute atomic E-state index is 10.9. The Hall–Kier alpha value is -1.34. The first-order chi connectivity index (χ1) is 8.69. The minimum absolute atomic E-state index is 0.0711. The molecular formula is C11H14ClNO5S. The molecule has 0 aliphatic carbocycles. The second-order valence-electron chi connectivity index (χ2n) is 4.33. The van der Waals surface area contributed by atoms with Crippen LogP contribution in [0.15, 0.2) is 18.2 Å². The fourth-order valence-corrected chi connectivity index (χ4v) is 2.90. The Morgan fingerprint density at radius 2 is 2.11 bits per heavy atom. The SMILES string of the molecule is Cc1ccc([N+](=O)[O-])cc1OCC(C)CS(=O)(=O)Cl. The van der Waals surface area contributed by atoms with Crippen molar-refractivity contribution in [2.45, 2.75) is 13.8 Å². The lowest BCUT2D eigenvalue weighted by molar-refractivity contribution is -0.385. The average Bonchev–Trinajstić information content (AvgIpc) is 2.25. The van der Waals surface area contributed by atoms with Gasteiger partial charge in [-0.1, -0.05) is 6.92 Å². The lowest BCUT2D eigenvalue weighted by atomic mass is 10.2. The highest BCUT2D eigenvalue weighted by Crippen LogP contribution is 2.24. The molecule has 0 N–H and O–H groups in total. The van der Waals surface area contributed by atoms with Gasteiger partial charge >= 0.3 is 0 Å². The van der Waals surface area contributed by atoms with Crippen molar-refractivity contribution in [2.24, 2.45) is 5.92 Å². The van der Waals surface area contributed by atoms with Gasteiger partial charge < -0.3 is 4.74 Å². The molecule has 0 aliphatic rings. The van der Waals surface area contributed by atoms with Crippen molar-refractivity contribution in [3.05, 3.63) is 33.9 Å². The molecule has 0 aromatic heterocycles. The van der Waals surface area contributed by atoms with Crippen molar-refractivity contribution in [3.63, 3.8) is 0 Å². The summed E-state index contributed by atoms with van der Waals surface area (Å²) < 4.78 is 27.2. The van der Waals surface area contributed by atoms with Crippen molar-refractivity contribution >= 4 is 25.4 Å². The number of hydrogen-bond acceptors (Lipinski definition) is 5. The maximum atomic E-state index is 10.9. The first kappa shape index (κ1) is 15.7. The summed E-state index contributed by atoms with van der Waals surface area (Å²) in [7, 11) is 1.56. The minimum Gasteiger partial charge on any atom is -0.493 e. The van der Waals surface area contributed by atoms with E-state index in [4.69, 9.17) is 15.4 Å². The Kier molecular flexibility index (Phi) is 5.13. The number of halogens is 1. The van der Waals surface area contributed by atoms with Gasteiger partial charge in [-0.05, 0) is 18.6 Å². The van der Waals surface area contributed by atoms with Crippen molar-refractivity contribution in [1.82, 2.24) is 0 Å². The van der Waals surface area contributed by atoms with E-state index in [-0.39, 0.29) is 24.0 Å². The molecule has 0 amide bonds. The summed E-state index contributed by atoms with van der Waals surface area (Å²) in [5.74, 6) is -0.142. The average molecular weight is 308 g/mol. The Balaban J connectivity index is 2.72. The standard InChI is InChI=1S/C11H14ClNO5S/c1-8(7-19(12,16)17)6-18-11-5-10(13(14)15)4-3-9(11)2/h3-5,8H,6-7H2,1-2H3. The van der Waals surface area contributed by atoms with Gasteiger partial charge in [-0.3, -0.25) is 10.1 Å². The second kappa shape index (κ2) is 6.21. The van der Waals surface area contributed by atoms with E-state index in [0.717, 1.165) is 5.56 Å². The van der Waals surface area contributed by atoms with E-state index in [1.54, 1.807) is 19.9 Å². The topological polar surface area (TPSA) is 86.5 Å². The molecule has 0 fully saturated rings. The van der Waals surface area contributed by atoms with Crippen LogP contribution in [-0.2, 0) is 9.05 Å². The second-order valence-corrected chi connectivity index (χ2v) is 7.15. The van der Waals surface area contributed by atoms with E-state index in [0.29, 0.717) is 5.75 Å². The van der Waals surface area contributed by atoms with Gasteiger partial charge in [-0.2, -0.15) is 0 Å². The number of nitro groups is 1. The van der Waals surface area contributed by atoms with E-state index in [2.05, 4.69) is 0 Å². The van der Waals surface area contributed by atoms with Crippen LogP contribution in [0.2, 0.25) is 0 Å². The Bertz CT molecular complexity index is 572. The number of ether oxygens (including phenoxy) is 1. The van der Waals surface area contributed by atoms with Crippen LogP contribution in [0.25, 0.3) is 0 Å². The first-order valence-electron chi connectivity index (χ1n) is 5.49. The molecular weight excluding hydrogens is 294 g/mol. The lowest BCUT2D eigenvalue weighted by Crippen LogP contribution is -2.16. The van der Waals surface area contributed by atoms with Gasteiger partial charge in [0.25, 0.3) is 5.69 Å². The van der Waals surface area contributed by atoms with E-state index in [9.17, 15) is 18.5 Å². The molecule has 19 heavy (non-hydrogen) atoms. The van der Waals surface area contributed by atoms with Crippen molar-refractivity contribution < 1.29 is 18.1 Å². The molecule has 0 bridgehead atoms. The number of aryl methyl sites for hydroxylation is 1. The van der Waals surface area contributed by atoms with E-state index >= 15 is 0 Å². The fourth-order valence-electron chi connectivity index (χ4n) is 1.48. The van der Waals surface area contributed by atoms with Crippen LogP contribution in [0.5, 0.6) is 5.75 Å². The molecule has 0 heterocycles. The maximum Gasteiger partial charge on any atom is 0.273 e. The summed E-state index contributed by atoms with van der Waals surface area (Å²) in [5.41, 5.74) is 0.671. The largest absolute Gasteiger partial charge is 0.493 e. The van der Waals surface area contributed by atoms with E-state index in [1.165, 1.54) is 12.1 Å². The van der Waals surface area contributed by atoms with Crippen LogP contribution in [-0.4, -0.2) is 25.7 Å². The molecule has 0 spiro atoms. The molecule has 6 nitrogen and oxygen atoms in total. The van der Waals surface area contributed by atoms with Crippen molar-refractivity contribution in [2.75, 3.05) is 12.4 Å². The van der Waals surface area contributed by atoms with Gasteiger partial charge in [0.15, 0.2) is 0 Å². The zero-order valence-corrected chi connectivity index (χ0v) is 12.1. The van der Waals surface area contributed by atoms with Crippen LogP contribution in [0.1, 0.15) is 12.5 Å². The fraction of sp³-hybridized carbons (Fsp3) is 0.455. The van der Waals surface area contributed by atoms with Gasteiger partial charge in [0, 0.05) is 22.7 Å². The molecule has 8 heteroatoms. The summed E-state index contributed by atoms with van der Waals surface area (Å²) >= 11 is 0. The lowest BCUT2D eigenvalue weighted by Gasteiger charge is -2.13. The molecule has 106 valence electrons. The van der Waals surface area contributed by atoms with Crippen LogP contribution >= 0.6 is 10.7 Å². The van der Waals surface area contributed by atoms with Crippen LogP contribution < -0.4 is 4.74 Å². The zero-order chi connectivity index (χ0) is 14.6. The highest BCUT2D eigenvalue weighted by Gasteiger charge is 2.15. The van der Waals surface area contributed by atoms with Gasteiger partial charge in [0.05, 0.1) is 23.3 Å². The molecule has 0 saturated carbocycles. The minimum atomic E-state index is -3.58. The van der Waals surface area contributed by atoms with Crippen molar-refractivity contribution in [3.8, 4) is 5.75 Å². The first-order valence-corrected chi connectivity index (χ1v) is 7.97. The Labute approximate surface area is 115 Å². The summed E-state index contributed by atoms with van der Waals surface area (Å²) in [5, 5.41) is 10.6. The number of nitro benzene ring substituents is 1. The highest BCUT2D eigenvalue weighted by atomic mass is 35.7. The molecule has 1 atom stereocenters. The molecule has 0 radical (unpaired) electrons. The number of benzene rings is 1. The predicted octanol–water partition coefficient (Wildman–Crippen LogP) is 2.49. The molecule has 1 aromatic rings. The normalized spacial score (nSPS) is 13.0. The monoisotopic (exact) mass is 307 g/mol. The third kappa shape index (κ3) is 5.44. The number of hydrogen-bond donors (Lipinski definition) is 0. The highest BCUT2D eigenvalue weighted by molar-refractivity contribution is 8.13. The summed E-state index contributed by atoms with van der Waals surface area (Å²) in [4.78, 5) is 10.1. The van der Waals surface area contributed by atoms with Gasteiger partial charge in [-0.15, -0.1) is 0 Å². The number of non-ortho nitro benzene ring substituents is 1. The molecule has 1 unspecified atom stereocenters. The Morgan fingerprint density at radius 1 is 1.47 bits per heavy atom. The van der Waals surface area contributed by atoms with Gasteiger partial charge in [-0.25, -0.2) is 8.42 Å². The predicted molar refractivity (Wildman–Crippen MR) is 72.1 cm³/mol. The van der Waals surface area contributed by atoms with Gasteiger partial charge in [0.1, 0.15) is 5.75 Å². The zero-order valence-electron chi connectivity index (χ0n) is 10.5. The molecule has 1 rings (SSSR count). The van der Waals surface area contributed by atoms with E-state index < -0.39 is 14.0 Å². The quantitative estimate of drug-likeness (QED) is 0.458.